The van der Waals surface area contributed by atoms with Crippen molar-refractivity contribution in [1.82, 2.24) is 15.2 Å². The first-order chi connectivity index (χ1) is 10.5. The van der Waals surface area contributed by atoms with Gasteiger partial charge in [0.25, 0.3) is 5.91 Å². The molecule has 1 aliphatic heterocycles. The van der Waals surface area contributed by atoms with Crippen LogP contribution in [0.15, 0.2) is 18.3 Å². The molecule has 2 rings (SSSR count). The molecular weight excluding hydrogens is 290 g/mol. The number of ether oxygens (including phenoxy) is 1. The van der Waals surface area contributed by atoms with Crippen LogP contribution in [-0.4, -0.2) is 58.6 Å². The number of nitrogens with one attached hydrogen (secondary N) is 1. The van der Waals surface area contributed by atoms with E-state index in [-0.39, 0.29) is 31.5 Å². The van der Waals surface area contributed by atoms with Gasteiger partial charge in [-0.25, -0.2) is 4.79 Å². The first-order valence-corrected chi connectivity index (χ1v) is 6.80. The van der Waals surface area contributed by atoms with Crippen molar-refractivity contribution < 1.29 is 24.2 Å². The van der Waals surface area contributed by atoms with Crippen molar-refractivity contribution in [2.24, 2.45) is 0 Å². The molecule has 0 spiro atoms. The van der Waals surface area contributed by atoms with Gasteiger partial charge in [-0.1, -0.05) is 0 Å². The van der Waals surface area contributed by atoms with Gasteiger partial charge in [0.15, 0.2) is 6.04 Å². The Morgan fingerprint density at radius 3 is 2.95 bits per heavy atom. The van der Waals surface area contributed by atoms with Gasteiger partial charge in [0, 0.05) is 25.2 Å². The average molecular weight is 307 g/mol. The molecule has 8 nitrogen and oxygen atoms in total. The van der Waals surface area contributed by atoms with Crippen LogP contribution >= 0.6 is 0 Å². The monoisotopic (exact) mass is 307 g/mol. The van der Waals surface area contributed by atoms with Crippen molar-refractivity contribution in [3.8, 4) is 0 Å². The number of carboxylic acid groups (broad SMARTS) is 1. The van der Waals surface area contributed by atoms with Gasteiger partial charge in [-0.15, -0.1) is 0 Å². The zero-order valence-corrected chi connectivity index (χ0v) is 12.1. The van der Waals surface area contributed by atoms with Gasteiger partial charge >= 0.3 is 5.97 Å². The van der Waals surface area contributed by atoms with E-state index in [1.54, 1.807) is 6.07 Å². The van der Waals surface area contributed by atoms with Crippen molar-refractivity contribution in [2.75, 3.05) is 19.8 Å². The summed E-state index contributed by atoms with van der Waals surface area (Å²) in [6.07, 6.45) is 1.46. The largest absolute Gasteiger partial charge is 0.480 e. The summed E-state index contributed by atoms with van der Waals surface area (Å²) in [5, 5.41) is 11.8. The number of pyridine rings is 1. The lowest BCUT2D eigenvalue weighted by atomic mass is 10.1. The van der Waals surface area contributed by atoms with Gasteiger partial charge in [0.2, 0.25) is 5.91 Å². The van der Waals surface area contributed by atoms with Gasteiger partial charge in [-0.2, -0.15) is 0 Å². The van der Waals surface area contributed by atoms with Gasteiger partial charge in [-0.3, -0.25) is 14.6 Å². The van der Waals surface area contributed by atoms with Crippen LogP contribution in [0.4, 0.5) is 0 Å². The molecule has 1 aliphatic rings. The minimum absolute atomic E-state index is 0.0229. The van der Waals surface area contributed by atoms with E-state index in [0.29, 0.717) is 17.9 Å². The molecule has 1 atom stereocenters. The fraction of sp³-hybridized carbons (Fsp3) is 0.429. The number of carbonyl (C=O) groups excluding carboxylic acids is 2. The summed E-state index contributed by atoms with van der Waals surface area (Å²) in [6.45, 7) is 2.10. The van der Waals surface area contributed by atoms with Crippen molar-refractivity contribution in [1.29, 1.82) is 0 Å². The third-order valence-electron chi connectivity index (χ3n) is 3.26. The van der Waals surface area contributed by atoms with Crippen LogP contribution in [0.25, 0.3) is 0 Å². The summed E-state index contributed by atoms with van der Waals surface area (Å²) < 4.78 is 5.11. The number of carboxylic acids is 1. The highest BCUT2D eigenvalue weighted by Crippen LogP contribution is 2.13. The molecule has 8 heteroatoms. The van der Waals surface area contributed by atoms with Gasteiger partial charge in [-0.05, 0) is 12.1 Å². The number of hydrogen-bond donors (Lipinski definition) is 2. The zero-order valence-electron chi connectivity index (χ0n) is 12.1. The maximum Gasteiger partial charge on any atom is 0.328 e. The Morgan fingerprint density at radius 2 is 2.27 bits per heavy atom. The van der Waals surface area contributed by atoms with Crippen molar-refractivity contribution in [3.63, 3.8) is 0 Å². The Morgan fingerprint density at radius 1 is 1.50 bits per heavy atom. The molecule has 0 aliphatic carbocycles. The van der Waals surface area contributed by atoms with Crippen LogP contribution in [0.5, 0.6) is 0 Å². The quantitative estimate of drug-likeness (QED) is 0.786. The standard InChI is InChI=1S/C14H17N3O5/c1-9(18)16-7-11-6-10(2-3-15-11)13(19)17-4-5-22-8-12(17)14(20)21/h2-3,6,12H,4-5,7-8H2,1H3,(H,16,18)(H,20,21). The fourth-order valence-corrected chi connectivity index (χ4v) is 2.14. The van der Waals surface area contributed by atoms with Crippen molar-refractivity contribution in [3.05, 3.63) is 29.6 Å². The zero-order chi connectivity index (χ0) is 16.1. The maximum atomic E-state index is 12.5. The number of carbonyl (C=O) groups is 3. The Balaban J connectivity index is 2.15. The van der Waals surface area contributed by atoms with Crippen molar-refractivity contribution in [2.45, 2.75) is 19.5 Å². The van der Waals surface area contributed by atoms with E-state index in [0.717, 1.165) is 0 Å². The summed E-state index contributed by atoms with van der Waals surface area (Å²) >= 11 is 0. The van der Waals surface area contributed by atoms with Crippen molar-refractivity contribution >= 4 is 17.8 Å². The lowest BCUT2D eigenvalue weighted by Crippen LogP contribution is -2.52. The van der Waals surface area contributed by atoms with E-state index in [1.165, 1.54) is 24.1 Å². The molecule has 0 bridgehead atoms. The number of aromatic nitrogens is 1. The highest BCUT2D eigenvalue weighted by Gasteiger charge is 2.33. The molecule has 1 aromatic heterocycles. The van der Waals surface area contributed by atoms with Gasteiger partial charge in [0.1, 0.15) is 0 Å². The SMILES string of the molecule is CC(=O)NCc1cc(C(=O)N2CCOCC2C(=O)O)ccn1. The highest BCUT2D eigenvalue weighted by atomic mass is 16.5. The smallest absolute Gasteiger partial charge is 0.328 e. The first-order valence-electron chi connectivity index (χ1n) is 6.80. The normalized spacial score (nSPS) is 17.9. The molecule has 2 heterocycles. The topological polar surface area (TPSA) is 109 Å². The molecular formula is C14H17N3O5. The molecule has 0 saturated carbocycles. The summed E-state index contributed by atoms with van der Waals surface area (Å²) in [5.74, 6) is -1.68. The highest BCUT2D eigenvalue weighted by molar-refractivity contribution is 5.96. The summed E-state index contributed by atoms with van der Waals surface area (Å²) in [7, 11) is 0. The molecule has 0 aromatic carbocycles. The molecule has 0 radical (unpaired) electrons. The van der Waals surface area contributed by atoms with Crippen LogP contribution in [-0.2, 0) is 20.9 Å². The van der Waals surface area contributed by atoms with E-state index in [4.69, 9.17) is 4.74 Å². The second kappa shape index (κ2) is 6.99. The number of aliphatic carboxylic acids is 1. The van der Waals surface area contributed by atoms with Crippen LogP contribution in [0.3, 0.4) is 0 Å². The summed E-state index contributed by atoms with van der Waals surface area (Å²) in [4.78, 5) is 40.0. The van der Waals surface area contributed by atoms with E-state index in [1.807, 2.05) is 0 Å². The Labute approximate surface area is 127 Å². The van der Waals surface area contributed by atoms with E-state index >= 15 is 0 Å². The number of nitrogens with zero attached hydrogens (tertiary/aromatic N) is 2. The first kappa shape index (κ1) is 15.9. The fourth-order valence-electron chi connectivity index (χ4n) is 2.14. The third kappa shape index (κ3) is 3.79. The lowest BCUT2D eigenvalue weighted by Gasteiger charge is -2.32. The van der Waals surface area contributed by atoms with Gasteiger partial charge in [0.05, 0.1) is 25.5 Å². The molecule has 2 amide bonds. The minimum Gasteiger partial charge on any atom is -0.480 e. The maximum absolute atomic E-state index is 12.5. The Hall–Kier alpha value is -2.48. The molecule has 1 fully saturated rings. The third-order valence-corrected chi connectivity index (χ3v) is 3.26. The molecule has 118 valence electrons. The molecule has 2 N–H and O–H groups in total. The average Bonchev–Trinajstić information content (AvgIpc) is 2.52. The molecule has 1 unspecified atom stereocenters. The minimum atomic E-state index is -1.10. The lowest BCUT2D eigenvalue weighted by molar-refractivity contribution is -0.147. The Bertz CT molecular complexity index is 590. The Kier molecular flexibility index (Phi) is 5.05. The predicted molar refractivity (Wildman–Crippen MR) is 75.0 cm³/mol. The molecule has 1 aromatic rings. The number of hydrogen-bond acceptors (Lipinski definition) is 5. The van der Waals surface area contributed by atoms with E-state index in [9.17, 15) is 19.5 Å². The van der Waals surface area contributed by atoms with Crippen LogP contribution < -0.4 is 5.32 Å². The summed E-state index contributed by atoms with van der Waals surface area (Å²) in [5.41, 5.74) is 0.865. The predicted octanol–water partition coefficient (Wildman–Crippen LogP) is -0.357. The number of morpholine rings is 1. The van der Waals surface area contributed by atoms with E-state index in [2.05, 4.69) is 10.3 Å². The van der Waals surface area contributed by atoms with Crippen LogP contribution in [0.2, 0.25) is 0 Å². The van der Waals surface area contributed by atoms with E-state index < -0.39 is 12.0 Å². The number of rotatable bonds is 4. The molecule has 1 saturated heterocycles. The van der Waals surface area contributed by atoms with Crippen LogP contribution in [0.1, 0.15) is 23.0 Å². The van der Waals surface area contributed by atoms with Crippen LogP contribution in [0, 0.1) is 0 Å². The van der Waals surface area contributed by atoms with Gasteiger partial charge < -0.3 is 20.1 Å². The second-order valence-electron chi connectivity index (χ2n) is 4.87. The second-order valence-corrected chi connectivity index (χ2v) is 4.87. The molecule has 22 heavy (non-hydrogen) atoms. The number of amides is 2. The summed E-state index contributed by atoms with van der Waals surface area (Å²) in [6, 6.07) is 2.08.